The number of amides is 2. The van der Waals surface area contributed by atoms with Gasteiger partial charge in [-0.1, -0.05) is 6.07 Å². The molecule has 0 aliphatic carbocycles. The summed E-state index contributed by atoms with van der Waals surface area (Å²) in [5, 5.41) is 19.4. The number of nitrogens with zero attached hydrogens (tertiary/aromatic N) is 1. The van der Waals surface area contributed by atoms with Crippen LogP contribution in [0.5, 0.6) is 0 Å². The molecule has 0 spiro atoms. The quantitative estimate of drug-likeness (QED) is 0.122. The van der Waals surface area contributed by atoms with Crippen molar-refractivity contribution < 1.29 is 59.0 Å². The largest absolute Gasteiger partial charge is 0.490 e. The molecule has 19 heteroatoms. The summed E-state index contributed by atoms with van der Waals surface area (Å²) in [5.74, 6) is -4.32. The van der Waals surface area contributed by atoms with Gasteiger partial charge in [0.05, 0.1) is 29.7 Å². The van der Waals surface area contributed by atoms with Gasteiger partial charge in [-0.05, 0) is 55.8 Å². The van der Waals surface area contributed by atoms with Crippen molar-refractivity contribution >= 4 is 39.3 Å². The van der Waals surface area contributed by atoms with Crippen LogP contribution in [0.4, 0.5) is 32.0 Å². The Bertz CT molecular complexity index is 1520. The number of nitrogen functional groups attached to an aromatic ring is 1. The maximum atomic E-state index is 13.9. The van der Waals surface area contributed by atoms with Crippen molar-refractivity contribution in [1.29, 1.82) is 5.41 Å². The van der Waals surface area contributed by atoms with Crippen molar-refractivity contribution in [1.82, 2.24) is 9.62 Å². The van der Waals surface area contributed by atoms with Gasteiger partial charge in [-0.3, -0.25) is 15.0 Å². The molecule has 6 N–H and O–H groups in total. The second kappa shape index (κ2) is 14.7. The van der Waals surface area contributed by atoms with E-state index >= 15 is 0 Å². The van der Waals surface area contributed by atoms with Gasteiger partial charge in [0.25, 0.3) is 0 Å². The first-order chi connectivity index (χ1) is 20.6. The fourth-order valence-electron chi connectivity index (χ4n) is 3.92. The van der Waals surface area contributed by atoms with Crippen molar-refractivity contribution in [3.05, 3.63) is 59.2 Å². The lowest BCUT2D eigenvalue weighted by Crippen LogP contribution is -2.47. The van der Waals surface area contributed by atoms with E-state index in [1.54, 1.807) is 6.92 Å². The Morgan fingerprint density at radius 2 is 1.67 bits per heavy atom. The molecule has 1 unspecified atom stereocenters. The van der Waals surface area contributed by atoms with E-state index in [4.69, 9.17) is 25.8 Å². The van der Waals surface area contributed by atoms with Gasteiger partial charge in [-0.25, -0.2) is 13.2 Å². The minimum atomic E-state index is -5.08. The lowest BCUT2D eigenvalue weighted by molar-refractivity contribution is -0.192. The Kier molecular flexibility index (Phi) is 12.1. The Labute approximate surface area is 253 Å². The van der Waals surface area contributed by atoms with Gasteiger partial charge in [-0.2, -0.15) is 30.6 Å². The zero-order valence-electron chi connectivity index (χ0n) is 23.6. The zero-order valence-corrected chi connectivity index (χ0v) is 24.4. The highest BCUT2D eigenvalue weighted by atomic mass is 32.2. The van der Waals surface area contributed by atoms with Crippen LogP contribution < -0.4 is 16.4 Å². The van der Waals surface area contributed by atoms with Gasteiger partial charge < -0.3 is 26.2 Å². The first-order valence-electron chi connectivity index (χ1n) is 12.8. The Morgan fingerprint density at radius 1 is 1.09 bits per heavy atom. The molecular weight excluding hydrogens is 640 g/mol. The van der Waals surface area contributed by atoms with Crippen LogP contribution in [0.25, 0.3) is 0 Å². The molecule has 0 saturated carbocycles. The first-order valence-corrected chi connectivity index (χ1v) is 14.2. The number of hydrogen-bond donors (Lipinski definition) is 5. The molecular formula is C26H29F6N5O7S. The van der Waals surface area contributed by atoms with Crippen LogP contribution in [0.3, 0.4) is 0 Å². The molecule has 0 aromatic heterocycles. The summed E-state index contributed by atoms with van der Waals surface area (Å²) in [6.07, 6.45) is -10.7. The number of rotatable bonds is 8. The van der Waals surface area contributed by atoms with Gasteiger partial charge >= 0.3 is 18.3 Å². The third kappa shape index (κ3) is 10.4. The summed E-state index contributed by atoms with van der Waals surface area (Å²) in [4.78, 5) is 32.6. The van der Waals surface area contributed by atoms with E-state index in [0.29, 0.717) is 17.3 Å². The van der Waals surface area contributed by atoms with Gasteiger partial charge in [-0.15, -0.1) is 0 Å². The number of carboxylic acid groups (broad SMARTS) is 1. The molecule has 2 amide bonds. The summed E-state index contributed by atoms with van der Waals surface area (Å²) in [5.41, 5.74) is 4.85. The summed E-state index contributed by atoms with van der Waals surface area (Å²) in [7, 11) is -4.47. The molecule has 2 aromatic carbocycles. The van der Waals surface area contributed by atoms with E-state index in [9.17, 15) is 44.3 Å². The van der Waals surface area contributed by atoms with E-state index in [1.165, 1.54) is 37.3 Å². The number of nitrogens with one attached hydrogen (secondary N) is 3. The third-order valence-electron chi connectivity index (χ3n) is 6.12. The minimum Gasteiger partial charge on any atom is -0.475 e. The highest BCUT2D eigenvalue weighted by Gasteiger charge is 2.41. The normalized spacial score (nSPS) is 16.5. The minimum absolute atomic E-state index is 0.0138. The molecule has 1 aliphatic rings. The predicted molar refractivity (Wildman–Crippen MR) is 147 cm³/mol. The van der Waals surface area contributed by atoms with Crippen LogP contribution in [0.2, 0.25) is 0 Å². The molecule has 0 radical (unpaired) electrons. The maximum absolute atomic E-state index is 13.9. The average molecular weight is 670 g/mol. The van der Waals surface area contributed by atoms with Crippen LogP contribution in [0, 0.1) is 5.41 Å². The number of benzene rings is 2. The van der Waals surface area contributed by atoms with Crippen LogP contribution in [0.15, 0.2) is 47.4 Å². The SMILES string of the molecule is CC(NC(=O)CC(=O)Nc1ccc(C(=N)N)cc1)c1ccc(S(=O)(=O)N2CCOC[C@@H]2C)c(C(F)(F)F)c1.O=C(O)C(F)(F)F. The number of carbonyl (C=O) groups excluding carboxylic acids is 2. The predicted octanol–water partition coefficient (Wildman–Crippen LogP) is 3.24. The van der Waals surface area contributed by atoms with Gasteiger partial charge in [0, 0.05) is 23.8 Å². The zero-order chi connectivity index (χ0) is 34.3. The smallest absolute Gasteiger partial charge is 0.475 e. The van der Waals surface area contributed by atoms with Crippen LogP contribution >= 0.6 is 0 Å². The summed E-state index contributed by atoms with van der Waals surface area (Å²) < 4.78 is 106. The Balaban J connectivity index is 0.000000900. The summed E-state index contributed by atoms with van der Waals surface area (Å²) in [6.45, 7) is 3.04. The average Bonchev–Trinajstić information content (AvgIpc) is 2.92. The van der Waals surface area contributed by atoms with E-state index in [0.717, 1.165) is 10.4 Å². The molecule has 2 aromatic rings. The molecule has 2 atom stereocenters. The number of ether oxygens (including phenoxy) is 1. The van der Waals surface area contributed by atoms with E-state index in [1.807, 2.05) is 0 Å². The molecule has 1 saturated heterocycles. The highest BCUT2D eigenvalue weighted by molar-refractivity contribution is 7.89. The molecule has 45 heavy (non-hydrogen) atoms. The fraction of sp³-hybridized carbons (Fsp3) is 0.385. The second-order valence-electron chi connectivity index (χ2n) is 9.60. The molecule has 12 nitrogen and oxygen atoms in total. The summed E-state index contributed by atoms with van der Waals surface area (Å²) in [6, 6.07) is 7.23. The monoisotopic (exact) mass is 669 g/mol. The van der Waals surface area contributed by atoms with Crippen LogP contribution in [-0.2, 0) is 35.3 Å². The van der Waals surface area contributed by atoms with Crippen molar-refractivity contribution in [2.45, 2.75) is 49.6 Å². The molecule has 1 heterocycles. The van der Waals surface area contributed by atoms with E-state index < -0.39 is 69.1 Å². The highest BCUT2D eigenvalue weighted by Crippen LogP contribution is 2.37. The van der Waals surface area contributed by atoms with Crippen molar-refractivity contribution in [2.24, 2.45) is 5.73 Å². The Hall–Kier alpha value is -4.23. The maximum Gasteiger partial charge on any atom is 0.490 e. The first kappa shape index (κ1) is 37.0. The molecule has 248 valence electrons. The van der Waals surface area contributed by atoms with Crippen molar-refractivity contribution in [2.75, 3.05) is 25.1 Å². The molecule has 1 fully saturated rings. The lowest BCUT2D eigenvalue weighted by atomic mass is 10.0. The number of anilines is 1. The second-order valence-corrected chi connectivity index (χ2v) is 11.5. The van der Waals surface area contributed by atoms with Crippen molar-refractivity contribution in [3.8, 4) is 0 Å². The van der Waals surface area contributed by atoms with Crippen molar-refractivity contribution in [3.63, 3.8) is 0 Å². The number of nitrogens with two attached hydrogens (primary N) is 1. The van der Waals surface area contributed by atoms with Crippen LogP contribution in [0.1, 0.15) is 43.0 Å². The van der Waals surface area contributed by atoms with E-state index in [2.05, 4.69) is 10.6 Å². The number of aliphatic carboxylic acids is 1. The van der Waals surface area contributed by atoms with E-state index in [-0.39, 0.29) is 31.2 Å². The van der Waals surface area contributed by atoms with Gasteiger partial charge in [0.2, 0.25) is 21.8 Å². The van der Waals surface area contributed by atoms with Crippen LogP contribution in [-0.4, -0.2) is 73.4 Å². The number of halogens is 6. The molecule has 1 aliphatic heterocycles. The molecule has 3 rings (SSSR count). The Morgan fingerprint density at radius 3 is 2.16 bits per heavy atom. The third-order valence-corrected chi connectivity index (χ3v) is 8.19. The molecule has 0 bridgehead atoms. The fourth-order valence-corrected chi connectivity index (χ4v) is 5.71. The number of sulfonamides is 1. The number of amidine groups is 1. The lowest BCUT2D eigenvalue weighted by Gasteiger charge is -2.33. The van der Waals surface area contributed by atoms with Gasteiger partial charge in [0.1, 0.15) is 12.3 Å². The topological polar surface area (TPSA) is 192 Å². The number of alkyl halides is 6. The number of morpholine rings is 1. The summed E-state index contributed by atoms with van der Waals surface area (Å²) >= 11 is 0. The van der Waals surface area contributed by atoms with Gasteiger partial charge in [0.15, 0.2) is 0 Å². The number of carbonyl (C=O) groups is 3. The number of carboxylic acids is 1. The standard InChI is InChI=1S/C24H28F3N5O5S.C2HF3O2/c1-14-13-37-10-9-32(14)38(35,36)20-8-5-17(11-19(20)24(25,26)27)15(2)30-21(33)12-22(34)31-18-6-3-16(4-7-18)23(28)29;3-2(4,5)1(6)7/h3-8,11,14-15H,9-10,12-13H2,1-2H3,(H3,28,29)(H,30,33)(H,31,34);(H,6,7)/t14-,15?;/m0./s1. The number of hydrogen-bond acceptors (Lipinski definition) is 7.